The molecule has 1 fully saturated rings. The van der Waals surface area contributed by atoms with Crippen LogP contribution in [0, 0.1) is 5.92 Å². The third kappa shape index (κ3) is 6.47. The van der Waals surface area contributed by atoms with Gasteiger partial charge in [0.2, 0.25) is 5.89 Å². The number of hydrogen-bond acceptors (Lipinski definition) is 6. The molecule has 2 aromatic rings. The van der Waals surface area contributed by atoms with Crippen LogP contribution in [0.5, 0.6) is 0 Å². The van der Waals surface area contributed by atoms with Gasteiger partial charge in [-0.1, -0.05) is 23.4 Å². The Balaban J connectivity index is 1.54. The summed E-state index contributed by atoms with van der Waals surface area (Å²) >= 11 is 1.93. The van der Waals surface area contributed by atoms with Gasteiger partial charge in [0, 0.05) is 36.9 Å². The monoisotopic (exact) mass is 417 g/mol. The summed E-state index contributed by atoms with van der Waals surface area (Å²) in [5.74, 6) is 3.78. The Morgan fingerprint density at radius 1 is 1.38 bits per heavy atom. The van der Waals surface area contributed by atoms with Crippen LogP contribution in [0.25, 0.3) is 0 Å². The van der Waals surface area contributed by atoms with Crippen LogP contribution in [0.2, 0.25) is 0 Å². The number of likely N-dealkylation sites (tertiary alicyclic amines) is 1. The largest absolute Gasteiger partial charge is 0.371 e. The standard InChI is InChI=1S/C21H31N5O2S/c1-4-22-21(23-13-19-24-20(25-28-19)16(3)27-5-2)26-12-11-17(14-26)15-29-18-9-7-6-8-10-18/h6-10,16-17H,4-5,11-15H2,1-3H3,(H,22,23). The highest BCUT2D eigenvalue weighted by Crippen LogP contribution is 2.26. The van der Waals surface area contributed by atoms with E-state index in [1.807, 2.05) is 25.6 Å². The van der Waals surface area contributed by atoms with Crippen molar-refractivity contribution in [3.05, 3.63) is 42.0 Å². The Labute approximate surface area is 177 Å². The minimum atomic E-state index is -0.170. The zero-order chi connectivity index (χ0) is 20.5. The number of hydrogen-bond donors (Lipinski definition) is 1. The quantitative estimate of drug-likeness (QED) is 0.378. The second-order valence-corrected chi connectivity index (χ2v) is 8.13. The van der Waals surface area contributed by atoms with Crippen molar-refractivity contribution in [2.45, 2.75) is 44.7 Å². The van der Waals surface area contributed by atoms with E-state index in [2.05, 4.69) is 57.6 Å². The van der Waals surface area contributed by atoms with Gasteiger partial charge in [-0.3, -0.25) is 0 Å². The van der Waals surface area contributed by atoms with Gasteiger partial charge in [0.25, 0.3) is 0 Å². The van der Waals surface area contributed by atoms with Crippen molar-refractivity contribution in [1.29, 1.82) is 0 Å². The Bertz CT molecular complexity index is 767. The number of ether oxygens (including phenoxy) is 1. The van der Waals surface area contributed by atoms with Crippen LogP contribution in [-0.2, 0) is 11.3 Å². The fourth-order valence-corrected chi connectivity index (χ4v) is 4.33. The summed E-state index contributed by atoms with van der Waals surface area (Å²) in [6.45, 7) is 9.80. The minimum Gasteiger partial charge on any atom is -0.371 e. The molecular weight excluding hydrogens is 386 g/mol. The van der Waals surface area contributed by atoms with E-state index in [0.29, 0.717) is 30.8 Å². The molecule has 2 heterocycles. The molecule has 1 aliphatic heterocycles. The average Bonchev–Trinajstić information content (AvgIpc) is 3.40. The van der Waals surface area contributed by atoms with Gasteiger partial charge in [-0.15, -0.1) is 11.8 Å². The molecular formula is C21H31N5O2S. The van der Waals surface area contributed by atoms with Crippen LogP contribution in [0.4, 0.5) is 0 Å². The third-order valence-electron chi connectivity index (χ3n) is 4.78. The van der Waals surface area contributed by atoms with Crippen molar-refractivity contribution in [2.24, 2.45) is 10.9 Å². The molecule has 1 N–H and O–H groups in total. The molecule has 2 unspecified atom stereocenters. The highest BCUT2D eigenvalue weighted by atomic mass is 32.2. The first-order valence-corrected chi connectivity index (χ1v) is 11.3. The first-order chi connectivity index (χ1) is 14.2. The van der Waals surface area contributed by atoms with Crippen molar-refractivity contribution in [2.75, 3.05) is 32.0 Å². The highest BCUT2D eigenvalue weighted by Gasteiger charge is 2.25. The van der Waals surface area contributed by atoms with Crippen LogP contribution >= 0.6 is 11.8 Å². The summed E-state index contributed by atoms with van der Waals surface area (Å²) in [5, 5.41) is 7.40. The van der Waals surface area contributed by atoms with E-state index >= 15 is 0 Å². The Morgan fingerprint density at radius 2 is 2.21 bits per heavy atom. The van der Waals surface area contributed by atoms with Gasteiger partial charge in [-0.05, 0) is 45.2 Å². The maximum Gasteiger partial charge on any atom is 0.248 e. The average molecular weight is 418 g/mol. The molecule has 1 aliphatic rings. The van der Waals surface area contributed by atoms with Crippen LogP contribution in [0.15, 0.2) is 44.7 Å². The Kier molecular flexibility index (Phi) is 8.37. The number of nitrogens with one attached hydrogen (secondary N) is 1. The first-order valence-electron chi connectivity index (χ1n) is 10.3. The first kappa shape index (κ1) is 21.6. The van der Waals surface area contributed by atoms with Gasteiger partial charge in [-0.2, -0.15) is 4.98 Å². The van der Waals surface area contributed by atoms with Gasteiger partial charge in [0.1, 0.15) is 12.6 Å². The van der Waals surface area contributed by atoms with Crippen LogP contribution in [-0.4, -0.2) is 53.0 Å². The molecule has 1 aromatic heterocycles. The lowest BCUT2D eigenvalue weighted by Crippen LogP contribution is -2.40. The van der Waals surface area contributed by atoms with Gasteiger partial charge in [0.05, 0.1) is 0 Å². The molecule has 0 aliphatic carbocycles. The molecule has 1 aromatic carbocycles. The van der Waals surface area contributed by atoms with Gasteiger partial charge >= 0.3 is 0 Å². The summed E-state index contributed by atoms with van der Waals surface area (Å²) in [4.78, 5) is 12.8. The van der Waals surface area contributed by atoms with Gasteiger partial charge < -0.3 is 19.5 Å². The van der Waals surface area contributed by atoms with E-state index in [1.165, 1.54) is 11.3 Å². The van der Waals surface area contributed by atoms with Crippen molar-refractivity contribution >= 4 is 17.7 Å². The molecule has 29 heavy (non-hydrogen) atoms. The van der Waals surface area contributed by atoms with E-state index < -0.39 is 0 Å². The fraction of sp³-hybridized carbons (Fsp3) is 0.571. The summed E-state index contributed by atoms with van der Waals surface area (Å²) in [6, 6.07) is 10.6. The topological polar surface area (TPSA) is 75.8 Å². The number of nitrogens with zero attached hydrogens (tertiary/aromatic N) is 4. The van der Waals surface area contributed by atoms with E-state index in [9.17, 15) is 0 Å². The fourth-order valence-electron chi connectivity index (χ4n) is 3.28. The van der Waals surface area contributed by atoms with Gasteiger partial charge in [0.15, 0.2) is 11.8 Å². The molecule has 7 nitrogen and oxygen atoms in total. The molecule has 0 saturated carbocycles. The second kappa shape index (κ2) is 11.2. The molecule has 8 heteroatoms. The van der Waals surface area contributed by atoms with E-state index in [4.69, 9.17) is 14.3 Å². The molecule has 1 saturated heterocycles. The second-order valence-electron chi connectivity index (χ2n) is 7.04. The predicted molar refractivity (Wildman–Crippen MR) is 116 cm³/mol. The molecule has 0 radical (unpaired) electrons. The van der Waals surface area contributed by atoms with Crippen molar-refractivity contribution < 1.29 is 9.26 Å². The van der Waals surface area contributed by atoms with Crippen LogP contribution < -0.4 is 5.32 Å². The molecule has 158 valence electrons. The number of aliphatic imine (C=N–C) groups is 1. The van der Waals surface area contributed by atoms with E-state index in [-0.39, 0.29) is 6.10 Å². The number of benzene rings is 1. The van der Waals surface area contributed by atoms with Crippen molar-refractivity contribution in [1.82, 2.24) is 20.4 Å². The number of thioether (sulfide) groups is 1. The van der Waals surface area contributed by atoms with Crippen molar-refractivity contribution in [3.63, 3.8) is 0 Å². The van der Waals surface area contributed by atoms with E-state index in [1.54, 1.807) is 0 Å². The molecule has 0 bridgehead atoms. The number of rotatable bonds is 9. The highest BCUT2D eigenvalue weighted by molar-refractivity contribution is 7.99. The third-order valence-corrected chi connectivity index (χ3v) is 6.02. The molecule has 0 amide bonds. The van der Waals surface area contributed by atoms with Crippen LogP contribution in [0.3, 0.4) is 0 Å². The molecule has 2 atom stereocenters. The lowest BCUT2D eigenvalue weighted by atomic mass is 10.2. The Hall–Kier alpha value is -2.06. The summed E-state index contributed by atoms with van der Waals surface area (Å²) in [5.41, 5.74) is 0. The number of guanidine groups is 1. The lowest BCUT2D eigenvalue weighted by Gasteiger charge is -2.21. The van der Waals surface area contributed by atoms with Crippen molar-refractivity contribution in [3.8, 4) is 0 Å². The Morgan fingerprint density at radius 3 is 2.97 bits per heavy atom. The summed E-state index contributed by atoms with van der Waals surface area (Å²) in [7, 11) is 0. The maximum absolute atomic E-state index is 5.51. The predicted octanol–water partition coefficient (Wildman–Crippen LogP) is 3.75. The SMILES string of the molecule is CCNC(=NCc1nc(C(C)OCC)no1)N1CCC(CSc2ccccc2)C1. The van der Waals surface area contributed by atoms with E-state index in [0.717, 1.165) is 31.3 Å². The smallest absolute Gasteiger partial charge is 0.248 e. The maximum atomic E-state index is 5.51. The lowest BCUT2D eigenvalue weighted by molar-refractivity contribution is 0.0683. The normalized spacial score (nSPS) is 18.2. The zero-order valence-electron chi connectivity index (χ0n) is 17.5. The molecule has 3 rings (SSSR count). The van der Waals surface area contributed by atoms with Crippen LogP contribution in [0.1, 0.15) is 45.0 Å². The van der Waals surface area contributed by atoms with Gasteiger partial charge in [-0.25, -0.2) is 4.99 Å². The summed E-state index contributed by atoms with van der Waals surface area (Å²) < 4.78 is 10.8. The summed E-state index contributed by atoms with van der Waals surface area (Å²) in [6.07, 6.45) is 1.01. The molecule has 0 spiro atoms. The zero-order valence-corrected chi connectivity index (χ0v) is 18.3. The minimum absolute atomic E-state index is 0.170. The number of aromatic nitrogens is 2.